The maximum atomic E-state index is 12.8. The summed E-state index contributed by atoms with van der Waals surface area (Å²) in [4.78, 5) is 38.1. The summed E-state index contributed by atoms with van der Waals surface area (Å²) in [7, 11) is 0. The first-order chi connectivity index (χ1) is 32.0. The number of hydrogen-bond donors (Lipinski definition) is 0. The average molecular weight is 907 g/mol. The molecule has 6 heteroatoms. The van der Waals surface area contributed by atoms with Crippen molar-refractivity contribution in [3.05, 3.63) is 72.9 Å². The Bertz CT molecular complexity index is 1230. The second-order valence-electron chi connectivity index (χ2n) is 18.1. The molecule has 6 nitrogen and oxygen atoms in total. The van der Waals surface area contributed by atoms with Crippen LogP contribution in [0.3, 0.4) is 0 Å². The highest BCUT2D eigenvalue weighted by atomic mass is 16.6. The number of ether oxygens (including phenoxy) is 3. The lowest BCUT2D eigenvalue weighted by atomic mass is 10.1. The molecule has 0 rings (SSSR count). The van der Waals surface area contributed by atoms with E-state index in [1.54, 1.807) is 0 Å². The quantitative estimate of drug-likeness (QED) is 0.0262. The zero-order valence-electron chi connectivity index (χ0n) is 42.7. The monoisotopic (exact) mass is 907 g/mol. The van der Waals surface area contributed by atoms with Gasteiger partial charge < -0.3 is 14.2 Å². The van der Waals surface area contributed by atoms with E-state index >= 15 is 0 Å². The summed E-state index contributed by atoms with van der Waals surface area (Å²) in [6.45, 7) is 6.55. The van der Waals surface area contributed by atoms with Crippen LogP contribution in [-0.2, 0) is 28.6 Å². The van der Waals surface area contributed by atoms with Gasteiger partial charge in [-0.1, -0.05) is 203 Å². The molecule has 374 valence electrons. The first-order valence-electron chi connectivity index (χ1n) is 27.4. The van der Waals surface area contributed by atoms with Crippen LogP contribution < -0.4 is 0 Å². The van der Waals surface area contributed by atoms with E-state index < -0.39 is 6.10 Å². The van der Waals surface area contributed by atoms with Gasteiger partial charge in [0.05, 0.1) is 0 Å². The largest absolute Gasteiger partial charge is 0.462 e. The number of hydrogen-bond acceptors (Lipinski definition) is 6. The molecule has 0 unspecified atom stereocenters. The van der Waals surface area contributed by atoms with Crippen molar-refractivity contribution in [3.8, 4) is 0 Å². The third-order valence-electron chi connectivity index (χ3n) is 11.7. The molecular weight excluding hydrogens is 805 g/mol. The van der Waals surface area contributed by atoms with Crippen molar-refractivity contribution in [2.24, 2.45) is 0 Å². The molecule has 0 saturated carbocycles. The normalized spacial score (nSPS) is 12.6. The van der Waals surface area contributed by atoms with E-state index in [1.165, 1.54) is 109 Å². The van der Waals surface area contributed by atoms with E-state index in [-0.39, 0.29) is 31.1 Å². The molecule has 0 fully saturated rings. The fourth-order valence-electron chi connectivity index (χ4n) is 7.47. The van der Waals surface area contributed by atoms with Gasteiger partial charge in [0.25, 0.3) is 0 Å². The Labute approximate surface area is 402 Å². The summed E-state index contributed by atoms with van der Waals surface area (Å²) in [6.07, 6.45) is 67.3. The molecule has 0 aromatic carbocycles. The Morgan fingerprint density at radius 1 is 0.308 bits per heavy atom. The first-order valence-corrected chi connectivity index (χ1v) is 27.4. The van der Waals surface area contributed by atoms with Crippen LogP contribution in [0.25, 0.3) is 0 Å². The molecule has 0 bridgehead atoms. The van der Waals surface area contributed by atoms with Gasteiger partial charge in [0.1, 0.15) is 13.2 Å². The maximum absolute atomic E-state index is 12.8. The van der Waals surface area contributed by atoms with Gasteiger partial charge in [-0.2, -0.15) is 0 Å². The molecule has 0 saturated heterocycles. The van der Waals surface area contributed by atoms with Crippen molar-refractivity contribution in [1.82, 2.24) is 0 Å². The van der Waals surface area contributed by atoms with E-state index in [2.05, 4.69) is 93.7 Å². The third-order valence-corrected chi connectivity index (χ3v) is 11.7. The second kappa shape index (κ2) is 53.5. The average Bonchev–Trinajstić information content (AvgIpc) is 3.30. The van der Waals surface area contributed by atoms with Crippen molar-refractivity contribution in [1.29, 1.82) is 0 Å². The van der Waals surface area contributed by atoms with Crippen LogP contribution in [0.1, 0.15) is 265 Å². The van der Waals surface area contributed by atoms with E-state index in [0.29, 0.717) is 19.3 Å². The lowest BCUT2D eigenvalue weighted by Crippen LogP contribution is -2.30. The summed E-state index contributed by atoms with van der Waals surface area (Å²) in [5.41, 5.74) is 0. The Balaban J connectivity index is 4.46. The summed E-state index contributed by atoms with van der Waals surface area (Å²) < 4.78 is 16.8. The van der Waals surface area contributed by atoms with Crippen LogP contribution in [0.15, 0.2) is 72.9 Å². The molecule has 0 aromatic heterocycles. The predicted octanol–water partition coefficient (Wildman–Crippen LogP) is 18.2. The lowest BCUT2D eigenvalue weighted by molar-refractivity contribution is -0.167. The smallest absolute Gasteiger partial charge is 0.306 e. The zero-order chi connectivity index (χ0) is 47.2. The molecule has 0 spiro atoms. The Kier molecular flexibility index (Phi) is 50.9. The Hall–Kier alpha value is -3.15. The Morgan fingerprint density at radius 2 is 0.554 bits per heavy atom. The van der Waals surface area contributed by atoms with Crippen LogP contribution in [0, 0.1) is 0 Å². The van der Waals surface area contributed by atoms with E-state index in [4.69, 9.17) is 14.2 Å². The maximum Gasteiger partial charge on any atom is 0.306 e. The van der Waals surface area contributed by atoms with Crippen LogP contribution in [0.2, 0.25) is 0 Å². The topological polar surface area (TPSA) is 78.9 Å². The second-order valence-corrected chi connectivity index (χ2v) is 18.1. The van der Waals surface area contributed by atoms with Crippen molar-refractivity contribution in [2.45, 2.75) is 271 Å². The van der Waals surface area contributed by atoms with Crippen molar-refractivity contribution in [3.63, 3.8) is 0 Å². The zero-order valence-corrected chi connectivity index (χ0v) is 42.7. The van der Waals surface area contributed by atoms with Gasteiger partial charge in [-0.25, -0.2) is 0 Å². The molecular formula is C59H102O6. The van der Waals surface area contributed by atoms with Gasteiger partial charge in [-0.05, 0) is 116 Å². The fraction of sp³-hybridized carbons (Fsp3) is 0.746. The van der Waals surface area contributed by atoms with Crippen LogP contribution in [-0.4, -0.2) is 37.2 Å². The molecule has 65 heavy (non-hydrogen) atoms. The summed E-state index contributed by atoms with van der Waals surface area (Å²) >= 11 is 0. The minimum absolute atomic E-state index is 0.0927. The number of rotatable bonds is 49. The van der Waals surface area contributed by atoms with E-state index in [0.717, 1.165) is 116 Å². The van der Waals surface area contributed by atoms with Gasteiger partial charge in [-0.3, -0.25) is 14.4 Å². The molecule has 0 aliphatic heterocycles. The standard InChI is InChI=1S/C59H102O6/c1-4-7-10-13-16-19-22-25-28-29-32-34-37-40-43-46-49-52-58(61)64-55-56(65-59(62)53-50-47-44-41-38-35-31-27-24-21-18-15-12-9-6-3)54-63-57(60)51-48-45-42-39-36-33-30-26-23-20-17-14-11-8-5-2/h16,18-19,21,25-28,30-32,34,56H,4-15,17,20,22-24,29,33,35-55H2,1-3H3/b19-16-,21-18-,28-25-,30-26-,31-27-,34-32-/t56-/m0/s1. The SMILES string of the molecule is CCCCC/C=C\C/C=C\C/C=C\CCCCCCC(=O)OC[C@H](COC(=O)CCCCCCC/C=C\CCCCCCCC)OC(=O)CCCCCCC/C=C\C/C=C\CCCCC. The van der Waals surface area contributed by atoms with Crippen molar-refractivity contribution in [2.75, 3.05) is 13.2 Å². The number of allylic oxidation sites excluding steroid dienone is 12. The number of carbonyl (C=O) groups is 3. The summed E-state index contributed by atoms with van der Waals surface area (Å²) in [6, 6.07) is 0. The molecule has 0 aliphatic carbocycles. The molecule has 0 aromatic rings. The van der Waals surface area contributed by atoms with Gasteiger partial charge in [0.15, 0.2) is 6.10 Å². The fourth-order valence-corrected chi connectivity index (χ4v) is 7.47. The van der Waals surface area contributed by atoms with Crippen LogP contribution in [0.5, 0.6) is 0 Å². The van der Waals surface area contributed by atoms with Crippen molar-refractivity contribution >= 4 is 17.9 Å². The molecule has 1 atom stereocenters. The van der Waals surface area contributed by atoms with Gasteiger partial charge >= 0.3 is 17.9 Å². The lowest BCUT2D eigenvalue weighted by Gasteiger charge is -2.18. The van der Waals surface area contributed by atoms with Gasteiger partial charge in [-0.15, -0.1) is 0 Å². The first kappa shape index (κ1) is 61.9. The van der Waals surface area contributed by atoms with Gasteiger partial charge in [0, 0.05) is 19.3 Å². The van der Waals surface area contributed by atoms with E-state index in [1.807, 2.05) is 0 Å². The minimum atomic E-state index is -0.795. The number of unbranched alkanes of at least 4 members (excludes halogenated alkanes) is 26. The molecule has 0 aliphatic rings. The minimum Gasteiger partial charge on any atom is -0.462 e. The molecule has 0 amide bonds. The molecule has 0 N–H and O–H groups in total. The van der Waals surface area contributed by atoms with Crippen LogP contribution in [0.4, 0.5) is 0 Å². The summed E-state index contributed by atoms with van der Waals surface area (Å²) in [5.74, 6) is -0.932. The highest BCUT2D eigenvalue weighted by Crippen LogP contribution is 2.14. The van der Waals surface area contributed by atoms with Gasteiger partial charge in [0.2, 0.25) is 0 Å². The van der Waals surface area contributed by atoms with Crippen molar-refractivity contribution < 1.29 is 28.6 Å². The predicted molar refractivity (Wildman–Crippen MR) is 279 cm³/mol. The highest BCUT2D eigenvalue weighted by molar-refractivity contribution is 5.71. The molecule has 0 radical (unpaired) electrons. The highest BCUT2D eigenvalue weighted by Gasteiger charge is 2.19. The van der Waals surface area contributed by atoms with Crippen LogP contribution >= 0.6 is 0 Å². The third kappa shape index (κ3) is 51.7. The van der Waals surface area contributed by atoms with E-state index in [9.17, 15) is 14.4 Å². The molecule has 0 heterocycles. The Morgan fingerprint density at radius 3 is 0.908 bits per heavy atom. The summed E-state index contributed by atoms with van der Waals surface area (Å²) in [5, 5.41) is 0. The number of carbonyl (C=O) groups excluding carboxylic acids is 3. The number of esters is 3.